The number of carbonyl (C=O) groups is 1. The third-order valence-electron chi connectivity index (χ3n) is 4.23. The van der Waals surface area contributed by atoms with Gasteiger partial charge in [0.1, 0.15) is 18.5 Å². The molecule has 0 spiro atoms. The molecule has 1 aromatic heterocycles. The highest BCUT2D eigenvalue weighted by molar-refractivity contribution is 5.76. The van der Waals surface area contributed by atoms with Crippen molar-refractivity contribution in [1.29, 1.82) is 0 Å². The lowest BCUT2D eigenvalue weighted by Gasteiger charge is -2.33. The topological polar surface area (TPSA) is 63.1 Å². The van der Waals surface area contributed by atoms with Crippen molar-refractivity contribution in [3.05, 3.63) is 42.7 Å². The molecule has 0 unspecified atom stereocenters. The molecule has 1 aliphatic heterocycles. The third kappa shape index (κ3) is 4.53. The van der Waals surface area contributed by atoms with Gasteiger partial charge in [0.2, 0.25) is 5.91 Å². The number of likely N-dealkylation sites (tertiary alicyclic amines) is 1. The predicted octanol–water partition coefficient (Wildman–Crippen LogP) is 2.30. The summed E-state index contributed by atoms with van der Waals surface area (Å²) in [6.45, 7) is 2.21. The van der Waals surface area contributed by atoms with E-state index in [1.807, 2.05) is 4.90 Å². The third-order valence-corrected chi connectivity index (χ3v) is 4.23. The number of hydrogen-bond donors (Lipinski definition) is 1. The van der Waals surface area contributed by atoms with Gasteiger partial charge in [0.15, 0.2) is 0 Å². The molecule has 1 amide bonds. The summed E-state index contributed by atoms with van der Waals surface area (Å²) in [7, 11) is 0. The first-order valence-electron chi connectivity index (χ1n) is 8.33. The Balaban J connectivity index is 1.45. The average molecular weight is 331 g/mol. The van der Waals surface area contributed by atoms with Gasteiger partial charge in [-0.15, -0.1) is 0 Å². The molecule has 6 nitrogen and oxygen atoms in total. The maximum absolute atomic E-state index is 13.0. The van der Waals surface area contributed by atoms with Crippen LogP contribution in [0, 0.1) is 5.82 Å². The van der Waals surface area contributed by atoms with Gasteiger partial charge in [-0.05, 0) is 43.5 Å². The van der Waals surface area contributed by atoms with E-state index in [2.05, 4.69) is 15.4 Å². The minimum absolute atomic E-state index is 0.181. The van der Waals surface area contributed by atoms with Crippen molar-refractivity contribution in [3.8, 4) is 0 Å². The molecule has 1 N–H and O–H groups in total. The number of halogens is 1. The van der Waals surface area contributed by atoms with Gasteiger partial charge in [0.05, 0.1) is 0 Å². The number of piperidine rings is 1. The Morgan fingerprint density at radius 1 is 1.33 bits per heavy atom. The first-order valence-corrected chi connectivity index (χ1v) is 8.33. The van der Waals surface area contributed by atoms with E-state index in [1.54, 1.807) is 23.1 Å². The maximum atomic E-state index is 13.0. The van der Waals surface area contributed by atoms with Crippen LogP contribution in [0.4, 0.5) is 10.1 Å². The summed E-state index contributed by atoms with van der Waals surface area (Å²) < 4.78 is 14.7. The van der Waals surface area contributed by atoms with E-state index in [0.29, 0.717) is 19.5 Å². The molecule has 1 atom stereocenters. The van der Waals surface area contributed by atoms with Gasteiger partial charge < -0.3 is 10.2 Å². The number of nitrogens with zero attached hydrogens (tertiary/aromatic N) is 4. The molecule has 128 valence electrons. The Morgan fingerprint density at radius 3 is 2.92 bits per heavy atom. The molecule has 3 rings (SSSR count). The van der Waals surface area contributed by atoms with Crippen LogP contribution in [0.3, 0.4) is 0 Å². The number of nitrogens with one attached hydrogen (secondary N) is 1. The number of carbonyl (C=O) groups excluding carboxylic acids is 1. The minimum atomic E-state index is -0.242. The Bertz CT molecular complexity index is 644. The molecule has 1 aliphatic rings. The number of amides is 1. The summed E-state index contributed by atoms with van der Waals surface area (Å²) in [6, 6.07) is 6.56. The van der Waals surface area contributed by atoms with Crippen LogP contribution < -0.4 is 5.32 Å². The molecular formula is C17H22FN5O. The van der Waals surface area contributed by atoms with Crippen LogP contribution >= 0.6 is 0 Å². The molecule has 7 heteroatoms. The van der Waals surface area contributed by atoms with E-state index < -0.39 is 0 Å². The van der Waals surface area contributed by atoms with Gasteiger partial charge in [-0.2, -0.15) is 5.10 Å². The summed E-state index contributed by atoms with van der Waals surface area (Å²) >= 11 is 0. The summed E-state index contributed by atoms with van der Waals surface area (Å²) in [6.07, 6.45) is 6.43. The van der Waals surface area contributed by atoms with E-state index in [9.17, 15) is 9.18 Å². The van der Waals surface area contributed by atoms with Crippen LogP contribution in [0.5, 0.6) is 0 Å². The largest absolute Gasteiger partial charge is 0.381 e. The minimum Gasteiger partial charge on any atom is -0.381 e. The Hall–Kier alpha value is -2.44. The summed E-state index contributed by atoms with van der Waals surface area (Å²) in [4.78, 5) is 18.2. The molecule has 0 radical (unpaired) electrons. The van der Waals surface area contributed by atoms with Crippen molar-refractivity contribution in [2.45, 2.75) is 38.3 Å². The number of anilines is 1. The Kier molecular flexibility index (Phi) is 5.40. The highest BCUT2D eigenvalue weighted by atomic mass is 19.1. The van der Waals surface area contributed by atoms with Crippen LogP contribution in [0.2, 0.25) is 0 Å². The molecule has 2 heterocycles. The number of hydrogen-bond acceptors (Lipinski definition) is 4. The zero-order valence-corrected chi connectivity index (χ0v) is 13.6. The van der Waals surface area contributed by atoms with Gasteiger partial charge in [0, 0.05) is 37.8 Å². The smallest absolute Gasteiger partial charge is 0.222 e. The van der Waals surface area contributed by atoms with Crippen LogP contribution in [0.1, 0.15) is 25.7 Å². The highest BCUT2D eigenvalue weighted by Gasteiger charge is 2.23. The van der Waals surface area contributed by atoms with Crippen molar-refractivity contribution < 1.29 is 9.18 Å². The first-order chi connectivity index (χ1) is 11.7. The Labute approximate surface area is 140 Å². The van der Waals surface area contributed by atoms with Crippen molar-refractivity contribution >= 4 is 11.6 Å². The molecule has 0 aliphatic carbocycles. The zero-order chi connectivity index (χ0) is 16.8. The Morgan fingerprint density at radius 2 is 2.17 bits per heavy atom. The van der Waals surface area contributed by atoms with Crippen molar-refractivity contribution in [2.24, 2.45) is 0 Å². The number of aryl methyl sites for hydroxylation is 1. The monoisotopic (exact) mass is 331 g/mol. The van der Waals surface area contributed by atoms with E-state index in [1.165, 1.54) is 18.5 Å². The lowest BCUT2D eigenvalue weighted by molar-refractivity contribution is -0.132. The number of aromatic nitrogens is 3. The summed E-state index contributed by atoms with van der Waals surface area (Å²) in [5.74, 6) is -0.0610. The molecule has 1 fully saturated rings. The first kappa shape index (κ1) is 16.4. The highest BCUT2D eigenvalue weighted by Crippen LogP contribution is 2.17. The van der Waals surface area contributed by atoms with E-state index >= 15 is 0 Å². The molecular weight excluding hydrogens is 309 g/mol. The fraction of sp³-hybridized carbons (Fsp3) is 0.471. The maximum Gasteiger partial charge on any atom is 0.222 e. The van der Waals surface area contributed by atoms with Crippen LogP contribution in [0.15, 0.2) is 36.9 Å². The molecule has 0 bridgehead atoms. The van der Waals surface area contributed by atoms with E-state index in [4.69, 9.17) is 0 Å². The SMILES string of the molecule is O=C(CCCn1cncn1)N1CCC[C@@H](Nc2ccc(F)cc2)C1. The van der Waals surface area contributed by atoms with Crippen molar-refractivity contribution in [2.75, 3.05) is 18.4 Å². The second-order valence-electron chi connectivity index (χ2n) is 6.09. The summed E-state index contributed by atoms with van der Waals surface area (Å²) in [5.41, 5.74) is 0.891. The van der Waals surface area contributed by atoms with Crippen molar-refractivity contribution in [3.63, 3.8) is 0 Å². The number of benzene rings is 1. The lowest BCUT2D eigenvalue weighted by Crippen LogP contribution is -2.45. The molecule has 2 aromatic rings. The van der Waals surface area contributed by atoms with E-state index in [-0.39, 0.29) is 17.8 Å². The standard InChI is InChI=1S/C17H22FN5O/c18-14-5-7-15(8-6-14)21-16-3-1-9-22(11-16)17(24)4-2-10-23-13-19-12-20-23/h5-8,12-13,16,21H,1-4,9-11H2/t16-/m1/s1. The molecule has 1 aromatic carbocycles. The van der Waals surface area contributed by atoms with Crippen LogP contribution in [0.25, 0.3) is 0 Å². The predicted molar refractivity (Wildman–Crippen MR) is 88.9 cm³/mol. The van der Waals surface area contributed by atoms with E-state index in [0.717, 1.165) is 31.5 Å². The fourth-order valence-corrected chi connectivity index (χ4v) is 3.00. The van der Waals surface area contributed by atoms with Crippen LogP contribution in [-0.2, 0) is 11.3 Å². The van der Waals surface area contributed by atoms with Gasteiger partial charge >= 0.3 is 0 Å². The average Bonchev–Trinajstić information content (AvgIpc) is 3.10. The lowest BCUT2D eigenvalue weighted by atomic mass is 10.0. The van der Waals surface area contributed by atoms with Crippen molar-refractivity contribution in [1.82, 2.24) is 19.7 Å². The second kappa shape index (κ2) is 7.90. The molecule has 0 saturated carbocycles. The number of rotatable bonds is 6. The molecule has 1 saturated heterocycles. The fourth-order valence-electron chi connectivity index (χ4n) is 3.00. The van der Waals surface area contributed by atoms with Gasteiger partial charge in [-0.1, -0.05) is 0 Å². The quantitative estimate of drug-likeness (QED) is 0.882. The zero-order valence-electron chi connectivity index (χ0n) is 13.6. The second-order valence-corrected chi connectivity index (χ2v) is 6.09. The molecule has 24 heavy (non-hydrogen) atoms. The van der Waals surface area contributed by atoms with Gasteiger partial charge in [-0.3, -0.25) is 9.48 Å². The normalized spacial score (nSPS) is 17.7. The van der Waals surface area contributed by atoms with Gasteiger partial charge in [0.25, 0.3) is 0 Å². The summed E-state index contributed by atoms with van der Waals surface area (Å²) in [5, 5.41) is 7.42. The van der Waals surface area contributed by atoms with Crippen LogP contribution in [-0.4, -0.2) is 44.7 Å². The van der Waals surface area contributed by atoms with Gasteiger partial charge in [-0.25, -0.2) is 9.37 Å².